The fourth-order valence-corrected chi connectivity index (χ4v) is 4.18. The Morgan fingerprint density at radius 2 is 1.94 bits per heavy atom. The molecule has 2 aromatic heterocycles. The second kappa shape index (κ2) is 8.98. The standard InChI is InChI=1S/C25H26N4O3/c26-24-23-22(18-7-4-8-20(13-18)32-16-17-5-2-1-3-6-17)28-25(29(23)10-9-27-24)19-14-21(15-19)31-12-11-30/h1-10,13,19,21,30H,11-12,14-16H2,(H2,26,27)/t19-,21+. The van der Waals surface area contributed by atoms with E-state index in [0.29, 0.717) is 19.0 Å². The molecule has 1 fully saturated rings. The summed E-state index contributed by atoms with van der Waals surface area (Å²) in [7, 11) is 0. The molecular weight excluding hydrogens is 404 g/mol. The van der Waals surface area contributed by atoms with Gasteiger partial charge in [-0.05, 0) is 30.5 Å². The number of nitrogens with two attached hydrogens (primary N) is 1. The minimum atomic E-state index is 0.0442. The van der Waals surface area contributed by atoms with Gasteiger partial charge in [-0.2, -0.15) is 0 Å². The van der Waals surface area contributed by atoms with Crippen LogP contribution in [0, 0.1) is 0 Å². The van der Waals surface area contributed by atoms with Crippen LogP contribution in [0.25, 0.3) is 16.8 Å². The van der Waals surface area contributed by atoms with E-state index in [1.165, 1.54) is 0 Å². The molecule has 0 bridgehead atoms. The normalized spacial score (nSPS) is 17.9. The maximum atomic E-state index is 8.97. The molecule has 1 aliphatic rings. The van der Waals surface area contributed by atoms with E-state index in [2.05, 4.69) is 4.98 Å². The number of ether oxygens (including phenoxy) is 2. The summed E-state index contributed by atoms with van der Waals surface area (Å²) in [6, 6.07) is 18.0. The Morgan fingerprint density at radius 3 is 2.75 bits per heavy atom. The molecule has 0 atom stereocenters. The molecule has 164 valence electrons. The number of nitrogen functional groups attached to an aromatic ring is 1. The highest BCUT2D eigenvalue weighted by molar-refractivity contribution is 5.85. The molecule has 0 spiro atoms. The van der Waals surface area contributed by atoms with Gasteiger partial charge in [0.2, 0.25) is 0 Å². The van der Waals surface area contributed by atoms with E-state index < -0.39 is 0 Å². The van der Waals surface area contributed by atoms with Gasteiger partial charge in [0.1, 0.15) is 35.2 Å². The van der Waals surface area contributed by atoms with E-state index in [-0.39, 0.29) is 18.6 Å². The summed E-state index contributed by atoms with van der Waals surface area (Å²) < 4.78 is 13.7. The maximum absolute atomic E-state index is 8.97. The lowest BCUT2D eigenvalue weighted by Gasteiger charge is -2.34. The van der Waals surface area contributed by atoms with Crippen LogP contribution in [-0.2, 0) is 11.3 Å². The first kappa shape index (κ1) is 20.5. The SMILES string of the molecule is Nc1nccn2c1c(-c1cccc(OCc3ccccc3)c1)nc2[C@H]1C[C@@H](OCCO)C1. The van der Waals surface area contributed by atoms with Gasteiger partial charge in [-0.25, -0.2) is 9.97 Å². The molecule has 7 nitrogen and oxygen atoms in total. The average Bonchev–Trinajstić information content (AvgIpc) is 3.18. The topological polar surface area (TPSA) is 94.9 Å². The van der Waals surface area contributed by atoms with Crippen LogP contribution in [0.15, 0.2) is 67.0 Å². The Bertz CT molecular complexity index is 1200. The quantitative estimate of drug-likeness (QED) is 0.441. The summed E-state index contributed by atoms with van der Waals surface area (Å²) in [5.41, 5.74) is 9.94. The molecule has 0 amide bonds. The van der Waals surface area contributed by atoms with Crippen molar-refractivity contribution < 1.29 is 14.6 Å². The fraction of sp³-hybridized carbons (Fsp3) is 0.280. The monoisotopic (exact) mass is 430 g/mol. The number of benzene rings is 2. The molecule has 2 aromatic carbocycles. The molecular formula is C25H26N4O3. The summed E-state index contributed by atoms with van der Waals surface area (Å²) in [5.74, 6) is 2.46. The number of hydrogen-bond acceptors (Lipinski definition) is 6. The van der Waals surface area contributed by atoms with Crippen molar-refractivity contribution in [2.24, 2.45) is 0 Å². The van der Waals surface area contributed by atoms with Crippen LogP contribution in [0.5, 0.6) is 5.75 Å². The number of nitrogens with zero attached hydrogens (tertiary/aromatic N) is 3. The van der Waals surface area contributed by atoms with Gasteiger partial charge in [-0.15, -0.1) is 0 Å². The first-order chi connectivity index (χ1) is 15.7. The van der Waals surface area contributed by atoms with Crippen molar-refractivity contribution in [1.82, 2.24) is 14.4 Å². The lowest BCUT2D eigenvalue weighted by atomic mass is 9.81. The molecule has 32 heavy (non-hydrogen) atoms. The zero-order valence-electron chi connectivity index (χ0n) is 17.7. The third-order valence-electron chi connectivity index (χ3n) is 5.87. The predicted molar refractivity (Wildman–Crippen MR) is 122 cm³/mol. The van der Waals surface area contributed by atoms with Gasteiger partial charge in [0, 0.05) is 23.9 Å². The lowest BCUT2D eigenvalue weighted by Crippen LogP contribution is -2.31. The van der Waals surface area contributed by atoms with E-state index in [0.717, 1.165) is 46.8 Å². The van der Waals surface area contributed by atoms with Crippen LogP contribution in [-0.4, -0.2) is 38.8 Å². The van der Waals surface area contributed by atoms with Crippen LogP contribution in [0.3, 0.4) is 0 Å². The lowest BCUT2D eigenvalue weighted by molar-refractivity contribution is -0.0261. The Balaban J connectivity index is 1.43. The zero-order chi connectivity index (χ0) is 21.9. The Hall–Kier alpha value is -3.42. The van der Waals surface area contributed by atoms with Gasteiger partial charge in [0.05, 0.1) is 19.3 Å². The predicted octanol–water partition coefficient (Wildman–Crippen LogP) is 3.81. The molecule has 0 unspecified atom stereocenters. The van der Waals surface area contributed by atoms with E-state index in [4.69, 9.17) is 25.3 Å². The van der Waals surface area contributed by atoms with Crippen molar-refractivity contribution >= 4 is 11.3 Å². The number of rotatable bonds is 8. The van der Waals surface area contributed by atoms with Crippen molar-refractivity contribution in [3.05, 3.63) is 78.4 Å². The summed E-state index contributed by atoms with van der Waals surface area (Å²) in [4.78, 5) is 9.30. The Morgan fingerprint density at radius 1 is 1.09 bits per heavy atom. The highest BCUT2D eigenvalue weighted by Gasteiger charge is 2.35. The fourth-order valence-electron chi connectivity index (χ4n) is 4.18. The molecule has 0 saturated heterocycles. The first-order valence-electron chi connectivity index (χ1n) is 10.8. The van der Waals surface area contributed by atoms with Crippen molar-refractivity contribution in [2.45, 2.75) is 31.5 Å². The molecule has 3 N–H and O–H groups in total. The summed E-state index contributed by atoms with van der Waals surface area (Å²) in [6.07, 6.45) is 5.53. The van der Waals surface area contributed by atoms with Gasteiger partial charge in [-0.1, -0.05) is 42.5 Å². The molecule has 0 radical (unpaired) electrons. The van der Waals surface area contributed by atoms with Gasteiger partial charge in [0.25, 0.3) is 0 Å². The molecule has 4 aromatic rings. The maximum Gasteiger partial charge on any atom is 0.150 e. The van der Waals surface area contributed by atoms with Crippen molar-refractivity contribution in [3.8, 4) is 17.0 Å². The Kier molecular flexibility index (Phi) is 5.75. The van der Waals surface area contributed by atoms with Gasteiger partial charge in [0.15, 0.2) is 0 Å². The summed E-state index contributed by atoms with van der Waals surface area (Å²) in [5, 5.41) is 8.97. The van der Waals surface area contributed by atoms with Gasteiger partial charge < -0.3 is 20.3 Å². The molecule has 0 aliphatic heterocycles. The van der Waals surface area contributed by atoms with E-state index in [1.807, 2.05) is 65.2 Å². The van der Waals surface area contributed by atoms with Crippen molar-refractivity contribution in [2.75, 3.05) is 18.9 Å². The van der Waals surface area contributed by atoms with Crippen LogP contribution >= 0.6 is 0 Å². The van der Waals surface area contributed by atoms with Gasteiger partial charge >= 0.3 is 0 Å². The number of fused-ring (bicyclic) bond motifs is 1. The third-order valence-corrected chi connectivity index (χ3v) is 5.87. The van der Waals surface area contributed by atoms with Crippen molar-refractivity contribution in [3.63, 3.8) is 0 Å². The first-order valence-corrected chi connectivity index (χ1v) is 10.8. The molecule has 1 saturated carbocycles. The Labute approximate surface area is 186 Å². The minimum absolute atomic E-state index is 0.0442. The highest BCUT2D eigenvalue weighted by Crippen LogP contribution is 2.41. The van der Waals surface area contributed by atoms with E-state index >= 15 is 0 Å². The molecule has 1 aliphatic carbocycles. The smallest absolute Gasteiger partial charge is 0.150 e. The number of anilines is 1. The van der Waals surface area contributed by atoms with Crippen LogP contribution in [0.4, 0.5) is 5.82 Å². The summed E-state index contributed by atoms with van der Waals surface area (Å²) in [6.45, 7) is 0.917. The van der Waals surface area contributed by atoms with E-state index in [1.54, 1.807) is 6.20 Å². The van der Waals surface area contributed by atoms with Crippen LogP contribution in [0.2, 0.25) is 0 Å². The zero-order valence-corrected chi connectivity index (χ0v) is 17.7. The number of hydrogen-bond donors (Lipinski definition) is 2. The number of aliphatic hydroxyl groups is 1. The second-order valence-corrected chi connectivity index (χ2v) is 8.04. The minimum Gasteiger partial charge on any atom is -0.489 e. The average molecular weight is 431 g/mol. The third kappa shape index (κ3) is 4.04. The summed E-state index contributed by atoms with van der Waals surface area (Å²) >= 11 is 0. The van der Waals surface area contributed by atoms with E-state index in [9.17, 15) is 0 Å². The number of aromatic nitrogens is 3. The largest absolute Gasteiger partial charge is 0.489 e. The molecule has 5 rings (SSSR count). The van der Waals surface area contributed by atoms with Crippen molar-refractivity contribution in [1.29, 1.82) is 0 Å². The number of aliphatic hydroxyl groups excluding tert-OH is 1. The second-order valence-electron chi connectivity index (χ2n) is 8.04. The van der Waals surface area contributed by atoms with Crippen LogP contribution < -0.4 is 10.5 Å². The van der Waals surface area contributed by atoms with Gasteiger partial charge in [-0.3, -0.25) is 4.40 Å². The highest BCUT2D eigenvalue weighted by atomic mass is 16.5. The number of imidazole rings is 1. The van der Waals surface area contributed by atoms with Crippen LogP contribution in [0.1, 0.15) is 30.1 Å². The molecule has 7 heteroatoms. The molecule has 2 heterocycles.